The Bertz CT molecular complexity index is 1050. The van der Waals surface area contributed by atoms with Crippen molar-refractivity contribution in [3.8, 4) is 0 Å². The van der Waals surface area contributed by atoms with E-state index in [9.17, 15) is 19.5 Å². The fourth-order valence-electron chi connectivity index (χ4n) is 9.48. The second kappa shape index (κ2) is 9.15. The van der Waals surface area contributed by atoms with Gasteiger partial charge in [0.1, 0.15) is 29.2 Å². The molecule has 0 aromatic carbocycles. The molecule has 0 aromatic rings. The number of hydrogen-bond donors (Lipinski definition) is 1. The highest BCUT2D eigenvalue weighted by atomic mass is 16.7. The summed E-state index contributed by atoms with van der Waals surface area (Å²) in [7, 11) is 0. The van der Waals surface area contributed by atoms with E-state index in [-0.39, 0.29) is 46.9 Å². The zero-order valence-corrected chi connectivity index (χ0v) is 24.2. The van der Waals surface area contributed by atoms with Gasteiger partial charge in [0.2, 0.25) is 0 Å². The van der Waals surface area contributed by atoms with Gasteiger partial charge in [0.15, 0.2) is 0 Å². The molecule has 5 fully saturated rings. The molecule has 4 aliphatic carbocycles. The number of carbonyl (C=O) groups excluding carboxylic acids is 3. The Morgan fingerprint density at radius 1 is 1.08 bits per heavy atom. The van der Waals surface area contributed by atoms with Crippen molar-refractivity contribution in [3.63, 3.8) is 0 Å². The summed E-state index contributed by atoms with van der Waals surface area (Å²) in [6.07, 6.45) is 5.84. The van der Waals surface area contributed by atoms with Crippen LogP contribution in [0.2, 0.25) is 0 Å². The maximum atomic E-state index is 13.5. The van der Waals surface area contributed by atoms with E-state index in [0.29, 0.717) is 24.8 Å². The molecule has 2 spiro atoms. The van der Waals surface area contributed by atoms with E-state index in [4.69, 9.17) is 14.2 Å². The van der Waals surface area contributed by atoms with E-state index in [1.54, 1.807) is 26.8 Å². The molecule has 0 bridgehead atoms. The first-order valence-electron chi connectivity index (χ1n) is 14.8. The Labute approximate surface area is 227 Å². The molecule has 0 aromatic heterocycles. The van der Waals surface area contributed by atoms with Gasteiger partial charge in [-0.1, -0.05) is 33.8 Å². The monoisotopic (exact) mass is 530 g/mol. The number of fused-ring (bicyclic) bond motifs is 2. The summed E-state index contributed by atoms with van der Waals surface area (Å²) in [4.78, 5) is 39.9. The van der Waals surface area contributed by atoms with Crippen LogP contribution in [-0.4, -0.2) is 52.3 Å². The van der Waals surface area contributed by atoms with Gasteiger partial charge in [-0.05, 0) is 83.5 Å². The third-order valence-corrected chi connectivity index (χ3v) is 11.9. The van der Waals surface area contributed by atoms with Gasteiger partial charge in [-0.3, -0.25) is 9.59 Å². The third kappa shape index (κ3) is 3.49. The van der Waals surface area contributed by atoms with Gasteiger partial charge in [0.25, 0.3) is 0 Å². The molecule has 1 aliphatic heterocycles. The van der Waals surface area contributed by atoms with Gasteiger partial charge in [-0.25, -0.2) is 4.79 Å². The lowest BCUT2D eigenvalue weighted by atomic mass is 9.43. The lowest BCUT2D eigenvalue weighted by molar-refractivity contribution is -0.225. The molecule has 1 saturated heterocycles. The van der Waals surface area contributed by atoms with Crippen molar-refractivity contribution in [3.05, 3.63) is 11.6 Å². The van der Waals surface area contributed by atoms with Crippen molar-refractivity contribution in [2.45, 2.75) is 129 Å². The molecule has 4 saturated carbocycles. The second-order valence-corrected chi connectivity index (χ2v) is 13.5. The molecule has 0 radical (unpaired) electrons. The predicted octanol–water partition coefficient (Wildman–Crippen LogP) is 4.93. The molecule has 5 rings (SSSR count). The van der Waals surface area contributed by atoms with Crippen LogP contribution in [0.15, 0.2) is 11.6 Å². The van der Waals surface area contributed by atoms with E-state index in [2.05, 4.69) is 6.92 Å². The first-order chi connectivity index (χ1) is 17.8. The number of aliphatic hydroxyl groups excluding tert-OH is 1. The zero-order valence-electron chi connectivity index (χ0n) is 24.2. The topological polar surface area (TPSA) is 102 Å². The number of ether oxygens (including phenoxy) is 3. The number of aliphatic hydroxyl groups is 1. The highest BCUT2D eigenvalue weighted by molar-refractivity contribution is 5.88. The molecule has 7 heteroatoms. The van der Waals surface area contributed by atoms with Gasteiger partial charge in [0, 0.05) is 22.8 Å². The minimum Gasteiger partial charge on any atom is -0.458 e. The van der Waals surface area contributed by atoms with Crippen molar-refractivity contribution < 1.29 is 33.7 Å². The van der Waals surface area contributed by atoms with E-state index < -0.39 is 34.8 Å². The Morgan fingerprint density at radius 2 is 1.79 bits per heavy atom. The van der Waals surface area contributed by atoms with Gasteiger partial charge in [-0.15, -0.1) is 0 Å². The normalized spacial score (nSPS) is 48.1. The summed E-state index contributed by atoms with van der Waals surface area (Å²) in [5.74, 6) is -1.26. The second-order valence-electron chi connectivity index (χ2n) is 13.5. The average Bonchev–Trinajstić information content (AvgIpc) is 3.43. The summed E-state index contributed by atoms with van der Waals surface area (Å²) >= 11 is 0. The van der Waals surface area contributed by atoms with Crippen LogP contribution in [0.4, 0.5) is 0 Å². The van der Waals surface area contributed by atoms with Crippen LogP contribution in [0.3, 0.4) is 0 Å². The Hall–Kier alpha value is -1.73. The van der Waals surface area contributed by atoms with Crippen LogP contribution >= 0.6 is 0 Å². The Morgan fingerprint density at radius 3 is 2.42 bits per heavy atom. The number of esters is 2. The molecule has 1 unspecified atom stereocenters. The minimum atomic E-state index is -0.809. The van der Waals surface area contributed by atoms with Crippen molar-refractivity contribution in [2.24, 2.45) is 34.5 Å². The molecular weight excluding hydrogens is 484 g/mol. The van der Waals surface area contributed by atoms with E-state index in [1.165, 1.54) is 0 Å². The number of rotatable bonds is 6. The Balaban J connectivity index is 1.69. The fourth-order valence-corrected chi connectivity index (χ4v) is 9.48. The number of Topliss-reactive ketones (excluding diaryl/α,β-unsaturated/α-hetero) is 1. The third-order valence-electron chi connectivity index (χ3n) is 11.9. The number of allylic oxidation sites excluding steroid dienone is 1. The summed E-state index contributed by atoms with van der Waals surface area (Å²) in [6, 6.07) is 0. The first-order valence-corrected chi connectivity index (χ1v) is 14.8. The average molecular weight is 531 g/mol. The van der Waals surface area contributed by atoms with Crippen molar-refractivity contribution in [2.75, 3.05) is 0 Å². The van der Waals surface area contributed by atoms with Crippen LogP contribution < -0.4 is 0 Å². The minimum absolute atomic E-state index is 0.0602. The summed E-state index contributed by atoms with van der Waals surface area (Å²) in [5.41, 5.74) is -1.71. The molecule has 5 aliphatic rings. The molecule has 7 nitrogen and oxygen atoms in total. The number of carbonyl (C=O) groups is 3. The number of hydrogen-bond acceptors (Lipinski definition) is 7. The SMILES string of the molecule is C/C=C(\C)C(=O)O[C@@H]1[C@@H](OC(=O)C(C)CC)[C@@H]2[C@@]3(C)CC[C@H](O)C[C@@H]3CC[C@]23O[C@@]32CC[C@H](C(C)=O)[C@@]12C. The van der Waals surface area contributed by atoms with Crippen LogP contribution in [0.25, 0.3) is 0 Å². The molecule has 11 atom stereocenters. The van der Waals surface area contributed by atoms with Gasteiger partial charge < -0.3 is 19.3 Å². The highest BCUT2D eigenvalue weighted by Gasteiger charge is 2.91. The lowest BCUT2D eigenvalue weighted by Crippen LogP contribution is -2.70. The van der Waals surface area contributed by atoms with Crippen LogP contribution in [-0.2, 0) is 28.6 Å². The number of ketones is 1. The van der Waals surface area contributed by atoms with Gasteiger partial charge in [0.05, 0.1) is 12.0 Å². The maximum Gasteiger partial charge on any atom is 0.333 e. The fraction of sp³-hybridized carbons (Fsp3) is 0.839. The van der Waals surface area contributed by atoms with Crippen LogP contribution in [0.5, 0.6) is 0 Å². The van der Waals surface area contributed by atoms with E-state index in [0.717, 1.165) is 32.1 Å². The highest BCUT2D eigenvalue weighted by Crippen LogP contribution is 2.81. The number of epoxide rings is 1. The largest absolute Gasteiger partial charge is 0.458 e. The first kappa shape index (κ1) is 27.8. The molecule has 212 valence electrons. The predicted molar refractivity (Wildman–Crippen MR) is 141 cm³/mol. The lowest BCUT2D eigenvalue weighted by Gasteiger charge is -2.61. The van der Waals surface area contributed by atoms with Gasteiger partial charge in [-0.2, -0.15) is 0 Å². The quantitative estimate of drug-likeness (QED) is 0.295. The zero-order chi connectivity index (χ0) is 27.8. The summed E-state index contributed by atoms with van der Waals surface area (Å²) in [5, 5.41) is 10.6. The van der Waals surface area contributed by atoms with Crippen molar-refractivity contribution in [1.29, 1.82) is 0 Å². The van der Waals surface area contributed by atoms with Crippen LogP contribution in [0, 0.1) is 34.5 Å². The van der Waals surface area contributed by atoms with Gasteiger partial charge >= 0.3 is 11.9 Å². The summed E-state index contributed by atoms with van der Waals surface area (Å²) in [6.45, 7) is 13.3. The molecule has 1 N–H and O–H groups in total. The van der Waals surface area contributed by atoms with E-state index >= 15 is 0 Å². The maximum absolute atomic E-state index is 13.5. The van der Waals surface area contributed by atoms with Crippen LogP contribution in [0.1, 0.15) is 99.8 Å². The summed E-state index contributed by atoms with van der Waals surface area (Å²) < 4.78 is 19.9. The standard InChI is InChI=1S/C31H46O7/c1-8-17(3)26(34)36-23-24-28(6)13-11-21(33)16-20(28)10-14-30(24)31(38-30)15-12-22(19(5)32)29(31,7)25(23)37-27(35)18(4)9-2/h9,17,20-25,33H,8,10-16H2,1-7H3/b18-9+/t17?,20-,21-,22+,23-,24+,25+,28-,29-,30-,31+/m0/s1. The molecular formula is C31H46O7. The van der Waals surface area contributed by atoms with E-state index in [1.807, 2.05) is 20.8 Å². The smallest absolute Gasteiger partial charge is 0.333 e. The Kier molecular flexibility index (Phi) is 6.70. The molecule has 0 amide bonds. The molecule has 38 heavy (non-hydrogen) atoms. The van der Waals surface area contributed by atoms with Crippen molar-refractivity contribution in [1.82, 2.24) is 0 Å². The van der Waals surface area contributed by atoms with Crippen molar-refractivity contribution >= 4 is 17.7 Å². The molecule has 1 heterocycles.